The Morgan fingerprint density at radius 2 is 2.26 bits per heavy atom. The Morgan fingerprint density at radius 1 is 1.39 bits per heavy atom. The average molecular weight is 310 g/mol. The van der Waals surface area contributed by atoms with Crippen molar-refractivity contribution in [3.8, 4) is 0 Å². The molecule has 1 aliphatic heterocycles. The largest absolute Gasteiger partial charge is 0.339 e. The van der Waals surface area contributed by atoms with Gasteiger partial charge in [-0.2, -0.15) is 4.98 Å². The van der Waals surface area contributed by atoms with Crippen LogP contribution in [0.2, 0.25) is 0 Å². The highest BCUT2D eigenvalue weighted by atomic mass is 16.5. The predicted octanol–water partition coefficient (Wildman–Crippen LogP) is 2.21. The van der Waals surface area contributed by atoms with Gasteiger partial charge in [0, 0.05) is 24.2 Å². The predicted molar refractivity (Wildman–Crippen MR) is 86.2 cm³/mol. The van der Waals surface area contributed by atoms with Gasteiger partial charge >= 0.3 is 0 Å². The van der Waals surface area contributed by atoms with E-state index in [2.05, 4.69) is 20.0 Å². The number of aryl methyl sites for hydroxylation is 1. The number of para-hydroxylation sites is 1. The van der Waals surface area contributed by atoms with Crippen molar-refractivity contribution >= 4 is 10.9 Å². The summed E-state index contributed by atoms with van der Waals surface area (Å²) in [5.41, 5.74) is 1.66. The summed E-state index contributed by atoms with van der Waals surface area (Å²) in [5.74, 6) is 1.64. The van der Waals surface area contributed by atoms with Gasteiger partial charge < -0.3 is 9.51 Å². The number of hydrogen-bond acceptors (Lipinski definition) is 5. The number of fused-ring (bicyclic) bond motifs is 1. The monoisotopic (exact) mass is 310 g/mol. The molecule has 1 aliphatic rings. The lowest BCUT2D eigenvalue weighted by atomic mass is 10.1. The van der Waals surface area contributed by atoms with Gasteiger partial charge in [-0.25, -0.2) is 0 Å². The molecular formula is C17H18N4O2. The van der Waals surface area contributed by atoms with Crippen LogP contribution in [0.3, 0.4) is 0 Å². The van der Waals surface area contributed by atoms with Crippen LogP contribution in [-0.2, 0) is 6.54 Å². The van der Waals surface area contributed by atoms with Crippen LogP contribution < -0.4 is 5.56 Å². The first-order valence-corrected chi connectivity index (χ1v) is 7.82. The van der Waals surface area contributed by atoms with Crippen LogP contribution in [0.1, 0.15) is 29.6 Å². The number of H-pyrrole nitrogens is 1. The molecule has 0 aliphatic carbocycles. The van der Waals surface area contributed by atoms with Gasteiger partial charge in [0.15, 0.2) is 5.82 Å². The van der Waals surface area contributed by atoms with E-state index < -0.39 is 0 Å². The third-order valence-electron chi connectivity index (χ3n) is 4.39. The summed E-state index contributed by atoms with van der Waals surface area (Å²) in [6, 6.07) is 9.83. The lowest BCUT2D eigenvalue weighted by Crippen LogP contribution is -2.24. The number of aromatic amines is 1. The van der Waals surface area contributed by atoms with Gasteiger partial charge in [-0.1, -0.05) is 23.4 Å². The molecule has 6 nitrogen and oxygen atoms in total. The van der Waals surface area contributed by atoms with Crippen molar-refractivity contribution in [3.63, 3.8) is 0 Å². The van der Waals surface area contributed by atoms with Gasteiger partial charge in [0.1, 0.15) is 0 Å². The molecule has 6 heteroatoms. The summed E-state index contributed by atoms with van der Waals surface area (Å²) in [6.45, 7) is 4.24. The molecule has 0 bridgehead atoms. The zero-order valence-electron chi connectivity index (χ0n) is 13.0. The number of nitrogens with one attached hydrogen (secondary N) is 1. The number of hydrogen-bond donors (Lipinski definition) is 1. The van der Waals surface area contributed by atoms with Crippen molar-refractivity contribution in [2.24, 2.45) is 0 Å². The van der Waals surface area contributed by atoms with Crippen LogP contribution >= 0.6 is 0 Å². The zero-order chi connectivity index (χ0) is 15.8. The first-order valence-electron chi connectivity index (χ1n) is 7.82. The highest BCUT2D eigenvalue weighted by molar-refractivity contribution is 5.78. The Balaban J connectivity index is 1.53. The summed E-state index contributed by atoms with van der Waals surface area (Å²) < 4.78 is 5.27. The van der Waals surface area contributed by atoms with Gasteiger partial charge in [-0.3, -0.25) is 9.69 Å². The molecule has 0 spiro atoms. The van der Waals surface area contributed by atoms with E-state index in [0.29, 0.717) is 18.3 Å². The van der Waals surface area contributed by atoms with E-state index in [1.165, 1.54) is 0 Å². The number of benzene rings is 1. The van der Waals surface area contributed by atoms with E-state index in [9.17, 15) is 4.79 Å². The van der Waals surface area contributed by atoms with E-state index in [0.717, 1.165) is 36.0 Å². The lowest BCUT2D eigenvalue weighted by Gasteiger charge is -2.15. The Bertz CT molecular complexity index is 899. The Labute approximate surface area is 133 Å². The molecule has 1 saturated heterocycles. The zero-order valence-corrected chi connectivity index (χ0v) is 13.0. The minimum Gasteiger partial charge on any atom is -0.339 e. The highest BCUT2D eigenvalue weighted by Crippen LogP contribution is 2.26. The molecular weight excluding hydrogens is 292 g/mol. The molecule has 118 valence electrons. The number of rotatable bonds is 3. The Hall–Kier alpha value is -2.47. The fourth-order valence-corrected chi connectivity index (χ4v) is 3.21. The number of aromatic nitrogens is 3. The molecule has 3 aromatic rings. The summed E-state index contributed by atoms with van der Waals surface area (Å²) in [5, 5.41) is 4.92. The molecule has 2 aromatic heterocycles. The Kier molecular flexibility index (Phi) is 3.46. The fourth-order valence-electron chi connectivity index (χ4n) is 3.21. The van der Waals surface area contributed by atoms with E-state index in [1.54, 1.807) is 0 Å². The molecule has 0 radical (unpaired) electrons. The summed E-state index contributed by atoms with van der Waals surface area (Å²) in [7, 11) is 0. The number of pyridine rings is 1. The van der Waals surface area contributed by atoms with Gasteiger partial charge in [-0.05, 0) is 37.4 Å². The molecule has 1 atom stereocenters. The molecule has 23 heavy (non-hydrogen) atoms. The summed E-state index contributed by atoms with van der Waals surface area (Å²) in [6.07, 6.45) is 0.979. The van der Waals surface area contributed by atoms with Gasteiger partial charge in [0.05, 0.1) is 5.92 Å². The maximum absolute atomic E-state index is 12.3. The molecule has 4 rings (SSSR count). The third kappa shape index (κ3) is 2.77. The van der Waals surface area contributed by atoms with Crippen molar-refractivity contribution in [1.29, 1.82) is 0 Å². The van der Waals surface area contributed by atoms with Crippen molar-refractivity contribution in [3.05, 3.63) is 58.0 Å². The van der Waals surface area contributed by atoms with Crippen molar-refractivity contribution < 1.29 is 4.52 Å². The van der Waals surface area contributed by atoms with Gasteiger partial charge in [0.2, 0.25) is 5.89 Å². The van der Waals surface area contributed by atoms with Crippen molar-refractivity contribution in [1.82, 2.24) is 20.0 Å². The lowest BCUT2D eigenvalue weighted by molar-refractivity contribution is 0.308. The summed E-state index contributed by atoms with van der Waals surface area (Å²) in [4.78, 5) is 21.8. The van der Waals surface area contributed by atoms with Crippen LogP contribution in [0.4, 0.5) is 0 Å². The maximum Gasteiger partial charge on any atom is 0.252 e. The minimum atomic E-state index is -0.0132. The average Bonchev–Trinajstić information content (AvgIpc) is 3.17. The van der Waals surface area contributed by atoms with E-state index in [1.807, 2.05) is 37.3 Å². The van der Waals surface area contributed by atoms with E-state index in [-0.39, 0.29) is 11.5 Å². The molecule has 1 N–H and O–H groups in total. The van der Waals surface area contributed by atoms with Crippen molar-refractivity contribution in [2.45, 2.75) is 25.8 Å². The smallest absolute Gasteiger partial charge is 0.252 e. The minimum absolute atomic E-state index is 0.0132. The highest BCUT2D eigenvalue weighted by Gasteiger charge is 2.28. The fraction of sp³-hybridized carbons (Fsp3) is 0.353. The summed E-state index contributed by atoms with van der Waals surface area (Å²) >= 11 is 0. The Morgan fingerprint density at radius 3 is 3.09 bits per heavy atom. The number of nitrogens with zero attached hydrogens (tertiary/aromatic N) is 3. The molecule has 0 saturated carbocycles. The van der Waals surface area contributed by atoms with Crippen LogP contribution in [0.15, 0.2) is 39.6 Å². The second-order valence-electron chi connectivity index (χ2n) is 6.11. The van der Waals surface area contributed by atoms with E-state index in [4.69, 9.17) is 4.52 Å². The van der Waals surface area contributed by atoms with Crippen LogP contribution in [0, 0.1) is 6.92 Å². The third-order valence-corrected chi connectivity index (χ3v) is 4.39. The normalized spacial score (nSPS) is 18.7. The van der Waals surface area contributed by atoms with E-state index >= 15 is 0 Å². The molecule has 1 fully saturated rings. The SMILES string of the molecule is Cc1noc(C2CCN(Cc3cc4ccccc4[nH]c3=O)C2)n1. The topological polar surface area (TPSA) is 75.0 Å². The first-order chi connectivity index (χ1) is 11.2. The van der Waals surface area contributed by atoms with Gasteiger partial charge in [0.25, 0.3) is 5.56 Å². The van der Waals surface area contributed by atoms with Crippen LogP contribution in [0.5, 0.6) is 0 Å². The molecule has 0 amide bonds. The second kappa shape index (κ2) is 5.62. The quantitative estimate of drug-likeness (QED) is 0.803. The molecule has 1 aromatic carbocycles. The molecule has 1 unspecified atom stereocenters. The second-order valence-corrected chi connectivity index (χ2v) is 6.11. The standard InChI is InChI=1S/C17H18N4O2/c1-11-18-17(23-20-11)13-6-7-21(9-13)10-14-8-12-4-2-3-5-15(12)19-16(14)22/h2-5,8,13H,6-7,9-10H2,1H3,(H,19,22). The maximum atomic E-state index is 12.3. The molecule has 3 heterocycles. The number of likely N-dealkylation sites (tertiary alicyclic amines) is 1. The van der Waals surface area contributed by atoms with Crippen LogP contribution in [0.25, 0.3) is 10.9 Å². The van der Waals surface area contributed by atoms with Gasteiger partial charge in [-0.15, -0.1) is 0 Å². The first kappa shape index (κ1) is 14.1. The van der Waals surface area contributed by atoms with Crippen LogP contribution in [-0.4, -0.2) is 33.1 Å². The van der Waals surface area contributed by atoms with Crippen molar-refractivity contribution in [2.75, 3.05) is 13.1 Å².